The van der Waals surface area contributed by atoms with E-state index in [1.807, 2.05) is 32.6 Å². The Morgan fingerprint density at radius 3 is 2.48 bits per heavy atom. The first-order valence-electron chi connectivity index (χ1n) is 10.7. The molecular formula is C21H26N8O4. The van der Waals surface area contributed by atoms with E-state index in [0.29, 0.717) is 31.3 Å². The normalized spacial score (nSPS) is 18.4. The highest BCUT2D eigenvalue weighted by Gasteiger charge is 2.33. The smallest absolute Gasteiger partial charge is 0.407 e. The summed E-state index contributed by atoms with van der Waals surface area (Å²) >= 11 is 0. The molecular weight excluding hydrogens is 428 g/mol. The number of rotatable bonds is 5. The topological polar surface area (TPSA) is 138 Å². The molecule has 0 aromatic carbocycles. The number of aryl methyl sites for hydroxylation is 1. The Bertz CT molecular complexity index is 1170. The molecule has 0 bridgehead atoms. The van der Waals surface area contributed by atoms with Crippen LogP contribution in [0, 0.1) is 6.92 Å². The summed E-state index contributed by atoms with van der Waals surface area (Å²) < 4.78 is 7.21. The summed E-state index contributed by atoms with van der Waals surface area (Å²) in [5.74, 6) is 1.10. The number of aromatic nitrogens is 5. The number of hydrogen-bond donors (Lipinski definition) is 2. The molecule has 1 saturated heterocycles. The van der Waals surface area contributed by atoms with E-state index in [0.717, 1.165) is 5.69 Å². The molecule has 2 N–H and O–H groups in total. The molecule has 0 unspecified atom stereocenters. The van der Waals surface area contributed by atoms with Crippen molar-refractivity contribution in [1.29, 1.82) is 0 Å². The summed E-state index contributed by atoms with van der Waals surface area (Å²) in [5, 5.41) is 20.5. The highest BCUT2D eigenvalue weighted by atomic mass is 16.5. The molecule has 174 valence electrons. The van der Waals surface area contributed by atoms with E-state index in [1.54, 1.807) is 28.9 Å². The van der Waals surface area contributed by atoms with E-state index < -0.39 is 12.0 Å². The number of fused-ring (bicyclic) bond motifs is 1. The predicted octanol–water partition coefficient (Wildman–Crippen LogP) is 2.06. The van der Waals surface area contributed by atoms with Crippen LogP contribution >= 0.6 is 0 Å². The van der Waals surface area contributed by atoms with Crippen LogP contribution in [-0.2, 0) is 0 Å². The molecule has 0 saturated carbocycles. The number of ether oxygens (including phenoxy) is 1. The lowest BCUT2D eigenvalue weighted by atomic mass is 10.1. The van der Waals surface area contributed by atoms with Crippen LogP contribution in [0.1, 0.15) is 36.8 Å². The first-order valence-corrected chi connectivity index (χ1v) is 10.7. The van der Waals surface area contributed by atoms with Crippen LogP contribution in [0.5, 0.6) is 5.88 Å². The maximum Gasteiger partial charge on any atom is 0.407 e. The van der Waals surface area contributed by atoms with Crippen molar-refractivity contribution in [3.63, 3.8) is 0 Å². The third-order valence-corrected chi connectivity index (χ3v) is 5.41. The molecule has 33 heavy (non-hydrogen) atoms. The van der Waals surface area contributed by atoms with Crippen LogP contribution in [0.15, 0.2) is 24.5 Å². The molecule has 0 aliphatic carbocycles. The van der Waals surface area contributed by atoms with E-state index in [9.17, 15) is 14.7 Å². The molecule has 4 heterocycles. The van der Waals surface area contributed by atoms with Gasteiger partial charge in [-0.05, 0) is 39.8 Å². The predicted molar refractivity (Wildman–Crippen MR) is 120 cm³/mol. The molecule has 1 aliphatic heterocycles. The largest absolute Gasteiger partial charge is 0.477 e. The molecule has 3 aromatic rings. The average molecular weight is 454 g/mol. The number of carbonyl (C=O) groups excluding carboxylic acids is 1. The fourth-order valence-electron chi connectivity index (χ4n) is 4.06. The number of carboxylic acid groups (broad SMARTS) is 1. The molecule has 1 fully saturated rings. The summed E-state index contributed by atoms with van der Waals surface area (Å²) in [6, 6.07) is 3.05. The second-order valence-corrected chi connectivity index (χ2v) is 8.01. The summed E-state index contributed by atoms with van der Waals surface area (Å²) in [5.41, 5.74) is 1.02. The van der Waals surface area contributed by atoms with Gasteiger partial charge in [0, 0.05) is 25.5 Å². The lowest BCUT2D eigenvalue weighted by molar-refractivity contribution is 0.0979. The van der Waals surface area contributed by atoms with Crippen LogP contribution in [0.2, 0.25) is 0 Å². The van der Waals surface area contributed by atoms with Gasteiger partial charge in [0.05, 0.1) is 24.4 Å². The lowest BCUT2D eigenvalue weighted by Gasteiger charge is -2.43. The van der Waals surface area contributed by atoms with Gasteiger partial charge in [0.2, 0.25) is 11.7 Å². The van der Waals surface area contributed by atoms with Crippen molar-refractivity contribution in [1.82, 2.24) is 29.5 Å². The number of nitrogens with zero attached hydrogens (tertiary/aromatic N) is 7. The Hall–Kier alpha value is -3.96. The third kappa shape index (κ3) is 4.49. The van der Waals surface area contributed by atoms with E-state index in [-0.39, 0.29) is 29.3 Å². The molecule has 0 radical (unpaired) electrons. The second-order valence-electron chi connectivity index (χ2n) is 8.01. The van der Waals surface area contributed by atoms with Crippen LogP contribution in [-0.4, -0.2) is 78.4 Å². The van der Waals surface area contributed by atoms with Crippen LogP contribution in [0.3, 0.4) is 0 Å². The van der Waals surface area contributed by atoms with Crippen molar-refractivity contribution >= 4 is 29.4 Å². The molecule has 12 heteroatoms. The van der Waals surface area contributed by atoms with Crippen molar-refractivity contribution in [2.24, 2.45) is 0 Å². The molecule has 1 aliphatic rings. The van der Waals surface area contributed by atoms with Gasteiger partial charge in [-0.25, -0.2) is 9.78 Å². The van der Waals surface area contributed by atoms with Gasteiger partial charge >= 0.3 is 6.09 Å². The van der Waals surface area contributed by atoms with Crippen molar-refractivity contribution in [2.75, 3.05) is 29.9 Å². The number of amides is 2. The number of anilines is 2. The molecule has 2 atom stereocenters. The maximum absolute atomic E-state index is 12.9. The highest BCUT2D eigenvalue weighted by molar-refractivity contribution is 6.05. The minimum absolute atomic E-state index is 0.182. The Kier molecular flexibility index (Phi) is 5.99. The van der Waals surface area contributed by atoms with Crippen molar-refractivity contribution in [3.05, 3.63) is 35.8 Å². The van der Waals surface area contributed by atoms with Gasteiger partial charge in [0.15, 0.2) is 11.6 Å². The Morgan fingerprint density at radius 1 is 1.15 bits per heavy atom. The fourth-order valence-corrected chi connectivity index (χ4v) is 4.06. The van der Waals surface area contributed by atoms with Crippen molar-refractivity contribution < 1.29 is 19.4 Å². The van der Waals surface area contributed by atoms with E-state index in [4.69, 9.17) is 4.74 Å². The number of carbonyl (C=O) groups is 2. The third-order valence-electron chi connectivity index (χ3n) is 5.41. The van der Waals surface area contributed by atoms with Gasteiger partial charge in [-0.2, -0.15) is 4.98 Å². The summed E-state index contributed by atoms with van der Waals surface area (Å²) in [4.78, 5) is 36.4. The number of imidazole rings is 1. The van der Waals surface area contributed by atoms with Crippen LogP contribution in [0.25, 0.3) is 5.78 Å². The van der Waals surface area contributed by atoms with E-state index in [1.165, 1.54) is 4.90 Å². The first kappa shape index (κ1) is 22.2. The minimum Gasteiger partial charge on any atom is -0.477 e. The molecule has 4 rings (SSSR count). The van der Waals surface area contributed by atoms with Crippen molar-refractivity contribution in [2.45, 2.75) is 39.8 Å². The second kappa shape index (κ2) is 8.88. The summed E-state index contributed by atoms with van der Waals surface area (Å²) in [7, 11) is 0. The maximum atomic E-state index is 12.9. The zero-order valence-corrected chi connectivity index (χ0v) is 18.9. The van der Waals surface area contributed by atoms with Gasteiger partial charge in [0.1, 0.15) is 5.56 Å². The zero-order valence-electron chi connectivity index (χ0n) is 18.9. The summed E-state index contributed by atoms with van der Waals surface area (Å²) in [6.45, 7) is 8.74. The fraction of sp³-hybridized carbons (Fsp3) is 0.429. The van der Waals surface area contributed by atoms with Gasteiger partial charge < -0.3 is 20.1 Å². The van der Waals surface area contributed by atoms with Gasteiger partial charge in [-0.15, -0.1) is 10.2 Å². The van der Waals surface area contributed by atoms with Crippen LogP contribution in [0.4, 0.5) is 16.4 Å². The monoisotopic (exact) mass is 454 g/mol. The highest BCUT2D eigenvalue weighted by Crippen LogP contribution is 2.22. The average Bonchev–Trinajstić information content (AvgIpc) is 3.12. The lowest BCUT2D eigenvalue weighted by Crippen LogP contribution is -2.58. The van der Waals surface area contributed by atoms with Crippen LogP contribution < -0.4 is 15.0 Å². The Morgan fingerprint density at radius 2 is 1.88 bits per heavy atom. The summed E-state index contributed by atoms with van der Waals surface area (Å²) in [6.07, 6.45) is 2.47. The quantitative estimate of drug-likeness (QED) is 0.593. The molecule has 2 amide bonds. The standard InChI is InChI=1S/C21H26N8O4/c1-5-33-19-15(11-28-8-12(2)22-20(28)24-19)18(30)23-16-6-7-17(26-25-16)27-9-13(3)29(21(31)32)14(4)10-27/h6-8,11,13-14H,5,9-10H2,1-4H3,(H,31,32)(H,23,25,30)/t13-,14+. The van der Waals surface area contributed by atoms with Gasteiger partial charge in [0.25, 0.3) is 5.91 Å². The minimum atomic E-state index is -0.927. The zero-order chi connectivity index (χ0) is 23.7. The van der Waals surface area contributed by atoms with E-state index >= 15 is 0 Å². The van der Waals surface area contributed by atoms with Gasteiger partial charge in [-0.1, -0.05) is 0 Å². The van der Waals surface area contributed by atoms with E-state index in [2.05, 4.69) is 25.5 Å². The van der Waals surface area contributed by atoms with Gasteiger partial charge in [-0.3, -0.25) is 14.1 Å². The Balaban J connectivity index is 1.50. The van der Waals surface area contributed by atoms with Crippen molar-refractivity contribution in [3.8, 4) is 5.88 Å². The number of hydrogen-bond acceptors (Lipinski definition) is 8. The molecule has 0 spiro atoms. The SMILES string of the molecule is CCOc1nc2nc(C)cn2cc1C(=O)Nc1ccc(N2C[C@@H](C)N(C(=O)O)[C@@H](C)C2)nn1. The molecule has 3 aromatic heterocycles. The number of piperazine rings is 1. The first-order chi connectivity index (χ1) is 15.8. The number of nitrogens with one attached hydrogen (secondary N) is 1. The molecule has 12 nitrogen and oxygen atoms in total. The Labute approximate surface area is 190 Å².